The maximum absolute atomic E-state index is 11.5. The summed E-state index contributed by atoms with van der Waals surface area (Å²) < 4.78 is 10.6. The van der Waals surface area contributed by atoms with Gasteiger partial charge < -0.3 is 20.5 Å². The molecule has 0 aromatic rings. The maximum Gasteiger partial charge on any atom is 0.237 e. The molecule has 0 aliphatic heterocycles. The van der Waals surface area contributed by atoms with Crippen molar-refractivity contribution in [2.24, 2.45) is 5.73 Å². The Balaban J connectivity index is 3.85. The molecule has 0 aromatic carbocycles. The van der Waals surface area contributed by atoms with Crippen LogP contribution in [0.5, 0.6) is 0 Å². The van der Waals surface area contributed by atoms with E-state index in [-0.39, 0.29) is 12.2 Å². The fourth-order valence-corrected chi connectivity index (χ4v) is 1.29. The average molecular weight is 232 g/mol. The average Bonchev–Trinajstić information content (AvgIpc) is 2.26. The molecule has 96 valence electrons. The first kappa shape index (κ1) is 15.3. The quantitative estimate of drug-likeness (QED) is 0.572. The van der Waals surface area contributed by atoms with Gasteiger partial charge >= 0.3 is 0 Å². The Morgan fingerprint density at radius 3 is 2.25 bits per heavy atom. The largest absolute Gasteiger partial charge is 0.351 e. The molecular formula is C11H24N2O3. The SMILES string of the molecule is CCCC(N)C(=O)NCC(OCC)OCC. The summed E-state index contributed by atoms with van der Waals surface area (Å²) in [5.41, 5.74) is 5.67. The zero-order valence-electron chi connectivity index (χ0n) is 10.5. The molecule has 1 amide bonds. The highest BCUT2D eigenvalue weighted by atomic mass is 16.7. The van der Waals surface area contributed by atoms with Gasteiger partial charge in [0.2, 0.25) is 5.91 Å². The molecule has 0 saturated carbocycles. The van der Waals surface area contributed by atoms with Crippen LogP contribution in [-0.2, 0) is 14.3 Å². The second kappa shape index (κ2) is 9.57. The molecule has 0 aliphatic rings. The molecule has 0 saturated heterocycles. The minimum absolute atomic E-state index is 0.147. The van der Waals surface area contributed by atoms with Crippen LogP contribution in [0.2, 0.25) is 0 Å². The zero-order valence-corrected chi connectivity index (χ0v) is 10.5. The topological polar surface area (TPSA) is 73.6 Å². The fourth-order valence-electron chi connectivity index (χ4n) is 1.29. The van der Waals surface area contributed by atoms with E-state index < -0.39 is 6.04 Å². The summed E-state index contributed by atoms with van der Waals surface area (Å²) >= 11 is 0. The van der Waals surface area contributed by atoms with E-state index in [4.69, 9.17) is 15.2 Å². The molecule has 0 rings (SSSR count). The molecule has 0 aliphatic carbocycles. The van der Waals surface area contributed by atoms with Gasteiger partial charge in [0, 0.05) is 13.2 Å². The third-order valence-corrected chi connectivity index (χ3v) is 2.08. The Bertz CT molecular complexity index is 182. The van der Waals surface area contributed by atoms with Crippen LogP contribution >= 0.6 is 0 Å². The number of carbonyl (C=O) groups is 1. The van der Waals surface area contributed by atoms with Crippen molar-refractivity contribution in [2.75, 3.05) is 19.8 Å². The Kier molecular flexibility index (Phi) is 9.18. The second-order valence-electron chi connectivity index (χ2n) is 3.48. The van der Waals surface area contributed by atoms with Crippen molar-refractivity contribution < 1.29 is 14.3 Å². The number of hydrogen-bond donors (Lipinski definition) is 2. The Morgan fingerprint density at radius 2 is 1.81 bits per heavy atom. The van der Waals surface area contributed by atoms with Crippen molar-refractivity contribution in [3.05, 3.63) is 0 Å². The lowest BCUT2D eigenvalue weighted by molar-refractivity contribution is -0.141. The first-order valence-corrected chi connectivity index (χ1v) is 5.92. The summed E-state index contributed by atoms with van der Waals surface area (Å²) in [4.78, 5) is 11.5. The monoisotopic (exact) mass is 232 g/mol. The van der Waals surface area contributed by atoms with Crippen molar-refractivity contribution in [1.29, 1.82) is 0 Å². The smallest absolute Gasteiger partial charge is 0.237 e. The molecule has 0 heterocycles. The molecule has 1 unspecified atom stereocenters. The van der Waals surface area contributed by atoms with Crippen molar-refractivity contribution in [3.63, 3.8) is 0 Å². The summed E-state index contributed by atoms with van der Waals surface area (Å²) in [6.45, 7) is 7.23. The van der Waals surface area contributed by atoms with Gasteiger partial charge in [0.1, 0.15) is 0 Å². The van der Waals surface area contributed by atoms with E-state index in [0.717, 1.165) is 6.42 Å². The predicted octanol–water partition coefficient (Wildman–Crippen LogP) is 0.629. The van der Waals surface area contributed by atoms with E-state index in [1.807, 2.05) is 20.8 Å². The van der Waals surface area contributed by atoms with Crippen LogP contribution < -0.4 is 11.1 Å². The number of rotatable bonds is 9. The van der Waals surface area contributed by atoms with E-state index in [1.165, 1.54) is 0 Å². The molecule has 5 heteroatoms. The molecule has 5 nitrogen and oxygen atoms in total. The minimum atomic E-state index is -0.436. The predicted molar refractivity (Wildman–Crippen MR) is 62.9 cm³/mol. The number of amides is 1. The molecular weight excluding hydrogens is 208 g/mol. The van der Waals surface area contributed by atoms with Gasteiger partial charge in [-0.2, -0.15) is 0 Å². The number of nitrogens with two attached hydrogens (primary N) is 1. The van der Waals surface area contributed by atoms with Crippen LogP contribution in [0.3, 0.4) is 0 Å². The summed E-state index contributed by atoms with van der Waals surface area (Å²) in [7, 11) is 0. The summed E-state index contributed by atoms with van der Waals surface area (Å²) in [5.74, 6) is -0.147. The van der Waals surface area contributed by atoms with Gasteiger partial charge in [0.15, 0.2) is 6.29 Å². The highest BCUT2D eigenvalue weighted by Crippen LogP contribution is 1.96. The highest BCUT2D eigenvalue weighted by molar-refractivity contribution is 5.81. The molecule has 3 N–H and O–H groups in total. The molecule has 0 aromatic heterocycles. The van der Waals surface area contributed by atoms with E-state index in [9.17, 15) is 4.79 Å². The summed E-state index contributed by atoms with van der Waals surface area (Å²) in [6, 6.07) is -0.436. The summed E-state index contributed by atoms with van der Waals surface area (Å²) in [6.07, 6.45) is 1.21. The number of nitrogens with one attached hydrogen (secondary N) is 1. The molecule has 1 atom stereocenters. The number of hydrogen-bond acceptors (Lipinski definition) is 4. The lowest BCUT2D eigenvalue weighted by atomic mass is 10.2. The van der Waals surface area contributed by atoms with E-state index in [0.29, 0.717) is 26.2 Å². The van der Waals surface area contributed by atoms with Gasteiger partial charge in [-0.3, -0.25) is 4.79 Å². The normalized spacial score (nSPS) is 12.8. The van der Waals surface area contributed by atoms with Crippen LogP contribution in [0.4, 0.5) is 0 Å². The van der Waals surface area contributed by atoms with Gasteiger partial charge in [0.25, 0.3) is 0 Å². The van der Waals surface area contributed by atoms with Crippen LogP contribution in [0.25, 0.3) is 0 Å². The van der Waals surface area contributed by atoms with Crippen molar-refractivity contribution >= 4 is 5.91 Å². The number of ether oxygens (including phenoxy) is 2. The van der Waals surface area contributed by atoms with Gasteiger partial charge in [-0.05, 0) is 20.3 Å². The lowest BCUT2D eigenvalue weighted by Gasteiger charge is -2.18. The first-order chi connectivity index (χ1) is 7.65. The van der Waals surface area contributed by atoms with E-state index in [2.05, 4.69) is 5.32 Å². The molecule has 16 heavy (non-hydrogen) atoms. The second-order valence-corrected chi connectivity index (χ2v) is 3.48. The molecule has 0 bridgehead atoms. The van der Waals surface area contributed by atoms with Crippen molar-refractivity contribution in [1.82, 2.24) is 5.32 Å². The standard InChI is InChI=1S/C11H24N2O3/c1-4-7-9(12)11(14)13-8-10(15-5-2)16-6-3/h9-10H,4-8,12H2,1-3H3,(H,13,14). The molecule has 0 fully saturated rings. The third-order valence-electron chi connectivity index (χ3n) is 2.08. The third kappa shape index (κ3) is 6.76. The van der Waals surface area contributed by atoms with Crippen LogP contribution in [0.1, 0.15) is 33.6 Å². The van der Waals surface area contributed by atoms with Crippen LogP contribution in [-0.4, -0.2) is 38.0 Å². The first-order valence-electron chi connectivity index (χ1n) is 5.92. The van der Waals surface area contributed by atoms with Crippen molar-refractivity contribution in [2.45, 2.75) is 45.9 Å². The van der Waals surface area contributed by atoms with E-state index in [1.54, 1.807) is 0 Å². The molecule has 0 spiro atoms. The zero-order chi connectivity index (χ0) is 12.4. The van der Waals surface area contributed by atoms with Gasteiger partial charge in [0.05, 0.1) is 12.6 Å². The van der Waals surface area contributed by atoms with Crippen molar-refractivity contribution in [3.8, 4) is 0 Å². The van der Waals surface area contributed by atoms with Gasteiger partial charge in [-0.15, -0.1) is 0 Å². The summed E-state index contributed by atoms with van der Waals surface area (Å²) in [5, 5.41) is 2.72. The fraction of sp³-hybridized carbons (Fsp3) is 0.909. The van der Waals surface area contributed by atoms with E-state index >= 15 is 0 Å². The number of carbonyl (C=O) groups excluding carboxylic acids is 1. The Labute approximate surface area is 97.7 Å². The lowest BCUT2D eigenvalue weighted by Crippen LogP contribution is -2.44. The highest BCUT2D eigenvalue weighted by Gasteiger charge is 2.14. The van der Waals surface area contributed by atoms with Crippen LogP contribution in [0, 0.1) is 0 Å². The van der Waals surface area contributed by atoms with Crippen LogP contribution in [0.15, 0.2) is 0 Å². The maximum atomic E-state index is 11.5. The Morgan fingerprint density at radius 1 is 1.25 bits per heavy atom. The van der Waals surface area contributed by atoms with Gasteiger partial charge in [-0.1, -0.05) is 13.3 Å². The Hall–Kier alpha value is -0.650. The minimum Gasteiger partial charge on any atom is -0.351 e. The van der Waals surface area contributed by atoms with Gasteiger partial charge in [-0.25, -0.2) is 0 Å². The molecule has 0 radical (unpaired) electrons.